The fraction of sp³-hybridized carbons (Fsp3) is 0.462. The van der Waals surface area contributed by atoms with Crippen molar-refractivity contribution in [1.82, 2.24) is 4.90 Å². The zero-order chi connectivity index (χ0) is 13.0. The number of carbonyl (C=O) groups is 1. The Morgan fingerprint density at radius 1 is 1.44 bits per heavy atom. The number of anilines is 2. The average molecular weight is 265 g/mol. The Kier molecular flexibility index (Phi) is 4.49. The Morgan fingerprint density at radius 2 is 2.17 bits per heavy atom. The van der Waals surface area contributed by atoms with E-state index in [4.69, 9.17) is 5.73 Å². The SMILES string of the molecule is Cc1ccc(NC(=O)CN2CCSCC2)c(N)c1. The van der Waals surface area contributed by atoms with Gasteiger partial charge in [0.1, 0.15) is 0 Å². The third-order valence-corrected chi connectivity index (χ3v) is 3.89. The van der Waals surface area contributed by atoms with Crippen LogP contribution in [0.3, 0.4) is 0 Å². The van der Waals surface area contributed by atoms with Crippen molar-refractivity contribution in [3.63, 3.8) is 0 Å². The van der Waals surface area contributed by atoms with Crippen molar-refractivity contribution >= 4 is 29.0 Å². The number of nitrogens with two attached hydrogens (primary N) is 1. The molecule has 1 heterocycles. The van der Waals surface area contributed by atoms with Gasteiger partial charge >= 0.3 is 0 Å². The molecule has 0 bridgehead atoms. The first kappa shape index (κ1) is 13.2. The Morgan fingerprint density at radius 3 is 2.83 bits per heavy atom. The lowest BCUT2D eigenvalue weighted by Crippen LogP contribution is -2.38. The van der Waals surface area contributed by atoms with Crippen LogP contribution in [-0.2, 0) is 4.79 Å². The highest BCUT2D eigenvalue weighted by atomic mass is 32.2. The van der Waals surface area contributed by atoms with Crippen molar-refractivity contribution in [3.8, 4) is 0 Å². The number of nitrogens with one attached hydrogen (secondary N) is 1. The Hall–Kier alpha value is -1.20. The van der Waals surface area contributed by atoms with E-state index < -0.39 is 0 Å². The molecule has 0 unspecified atom stereocenters. The van der Waals surface area contributed by atoms with Crippen LogP contribution in [0.15, 0.2) is 18.2 Å². The molecule has 1 aliphatic heterocycles. The number of hydrogen-bond acceptors (Lipinski definition) is 4. The summed E-state index contributed by atoms with van der Waals surface area (Å²) in [6.45, 7) is 4.41. The lowest BCUT2D eigenvalue weighted by molar-refractivity contribution is -0.117. The standard InChI is InChI=1S/C13H19N3OS/c1-10-2-3-12(11(14)8-10)15-13(17)9-16-4-6-18-7-5-16/h2-3,8H,4-7,9,14H2,1H3,(H,15,17). The van der Waals surface area contributed by atoms with Crippen LogP contribution in [0.1, 0.15) is 5.56 Å². The van der Waals surface area contributed by atoms with Gasteiger partial charge in [0.2, 0.25) is 5.91 Å². The number of rotatable bonds is 3. The first-order valence-corrected chi connectivity index (χ1v) is 7.27. The second-order valence-corrected chi connectivity index (χ2v) is 5.75. The van der Waals surface area contributed by atoms with Crippen molar-refractivity contribution in [2.75, 3.05) is 42.2 Å². The van der Waals surface area contributed by atoms with Crippen molar-refractivity contribution in [3.05, 3.63) is 23.8 Å². The molecule has 0 radical (unpaired) electrons. The minimum atomic E-state index is 0.0115. The lowest BCUT2D eigenvalue weighted by Gasteiger charge is -2.25. The highest BCUT2D eigenvalue weighted by Gasteiger charge is 2.14. The van der Waals surface area contributed by atoms with E-state index in [0.29, 0.717) is 17.9 Å². The summed E-state index contributed by atoms with van der Waals surface area (Å²) in [6, 6.07) is 5.67. The van der Waals surface area contributed by atoms with Crippen LogP contribution in [0.5, 0.6) is 0 Å². The Balaban J connectivity index is 1.90. The van der Waals surface area contributed by atoms with Crippen LogP contribution in [0.2, 0.25) is 0 Å². The lowest BCUT2D eigenvalue weighted by atomic mass is 10.2. The third kappa shape index (κ3) is 3.65. The van der Waals surface area contributed by atoms with Crippen molar-refractivity contribution < 1.29 is 4.79 Å². The second-order valence-electron chi connectivity index (χ2n) is 4.53. The van der Waals surface area contributed by atoms with Gasteiger partial charge < -0.3 is 11.1 Å². The van der Waals surface area contributed by atoms with Crippen LogP contribution in [0.25, 0.3) is 0 Å². The molecule has 1 amide bonds. The molecule has 1 aliphatic rings. The average Bonchev–Trinajstić information content (AvgIpc) is 2.34. The number of thioether (sulfide) groups is 1. The van der Waals surface area contributed by atoms with E-state index in [1.54, 1.807) is 0 Å². The van der Waals surface area contributed by atoms with Gasteiger partial charge in [-0.3, -0.25) is 9.69 Å². The predicted molar refractivity (Wildman–Crippen MR) is 78.0 cm³/mol. The summed E-state index contributed by atoms with van der Waals surface area (Å²) in [5.74, 6) is 2.23. The molecular formula is C13H19N3OS. The number of nitrogens with zero attached hydrogens (tertiary/aromatic N) is 1. The molecule has 1 saturated heterocycles. The molecular weight excluding hydrogens is 246 g/mol. The zero-order valence-corrected chi connectivity index (χ0v) is 11.4. The highest BCUT2D eigenvalue weighted by Crippen LogP contribution is 2.19. The summed E-state index contributed by atoms with van der Waals surface area (Å²) in [6.07, 6.45) is 0. The first-order valence-electron chi connectivity index (χ1n) is 6.11. The molecule has 0 spiro atoms. The van der Waals surface area contributed by atoms with E-state index in [-0.39, 0.29) is 5.91 Å². The van der Waals surface area contributed by atoms with Gasteiger partial charge in [0, 0.05) is 24.6 Å². The molecule has 1 aromatic rings. The summed E-state index contributed by atoms with van der Waals surface area (Å²) in [7, 11) is 0. The summed E-state index contributed by atoms with van der Waals surface area (Å²) >= 11 is 1.94. The fourth-order valence-corrected chi connectivity index (χ4v) is 2.93. The van der Waals surface area contributed by atoms with Crippen molar-refractivity contribution in [1.29, 1.82) is 0 Å². The van der Waals surface area contributed by atoms with Crippen LogP contribution >= 0.6 is 11.8 Å². The van der Waals surface area contributed by atoms with Gasteiger partial charge in [-0.2, -0.15) is 11.8 Å². The van der Waals surface area contributed by atoms with Crippen molar-refractivity contribution in [2.24, 2.45) is 0 Å². The Bertz CT molecular complexity index is 430. The molecule has 18 heavy (non-hydrogen) atoms. The molecule has 0 aromatic heterocycles. The minimum Gasteiger partial charge on any atom is -0.397 e. The molecule has 1 aromatic carbocycles. The maximum Gasteiger partial charge on any atom is 0.238 e. The molecule has 3 N–H and O–H groups in total. The van der Waals surface area contributed by atoms with E-state index in [2.05, 4.69) is 10.2 Å². The fourth-order valence-electron chi connectivity index (χ4n) is 1.95. The van der Waals surface area contributed by atoms with Gasteiger partial charge in [-0.1, -0.05) is 6.07 Å². The Labute approximate surface area is 112 Å². The van der Waals surface area contributed by atoms with Gasteiger partial charge in [-0.25, -0.2) is 0 Å². The van der Waals surface area contributed by atoms with E-state index >= 15 is 0 Å². The van der Waals surface area contributed by atoms with Crippen LogP contribution in [-0.4, -0.2) is 41.9 Å². The van der Waals surface area contributed by atoms with Crippen LogP contribution in [0.4, 0.5) is 11.4 Å². The van der Waals surface area contributed by atoms with Gasteiger partial charge in [-0.05, 0) is 24.6 Å². The summed E-state index contributed by atoms with van der Waals surface area (Å²) in [5, 5.41) is 2.87. The van der Waals surface area contributed by atoms with Crippen LogP contribution < -0.4 is 11.1 Å². The smallest absolute Gasteiger partial charge is 0.238 e. The topological polar surface area (TPSA) is 58.4 Å². The van der Waals surface area contributed by atoms with E-state index in [1.807, 2.05) is 36.9 Å². The molecule has 2 rings (SSSR count). The largest absolute Gasteiger partial charge is 0.397 e. The van der Waals surface area contributed by atoms with Gasteiger partial charge in [0.25, 0.3) is 0 Å². The number of amides is 1. The third-order valence-electron chi connectivity index (χ3n) is 2.95. The maximum atomic E-state index is 11.9. The number of aryl methyl sites for hydroxylation is 1. The van der Waals surface area contributed by atoms with Gasteiger partial charge in [-0.15, -0.1) is 0 Å². The first-order chi connectivity index (χ1) is 8.65. The normalized spacial score (nSPS) is 16.5. The van der Waals surface area contributed by atoms with Gasteiger partial charge in [0.05, 0.1) is 17.9 Å². The molecule has 0 atom stereocenters. The molecule has 5 heteroatoms. The number of benzene rings is 1. The van der Waals surface area contributed by atoms with E-state index in [0.717, 1.165) is 30.2 Å². The zero-order valence-electron chi connectivity index (χ0n) is 10.6. The van der Waals surface area contributed by atoms with Gasteiger partial charge in [0.15, 0.2) is 0 Å². The number of carbonyl (C=O) groups excluding carboxylic acids is 1. The summed E-state index contributed by atoms with van der Waals surface area (Å²) in [5.41, 5.74) is 8.30. The molecule has 0 saturated carbocycles. The monoisotopic (exact) mass is 265 g/mol. The molecule has 1 fully saturated rings. The van der Waals surface area contributed by atoms with Crippen molar-refractivity contribution in [2.45, 2.75) is 6.92 Å². The quantitative estimate of drug-likeness (QED) is 0.814. The maximum absolute atomic E-state index is 11.9. The number of hydrogen-bond donors (Lipinski definition) is 2. The summed E-state index contributed by atoms with van der Waals surface area (Å²) in [4.78, 5) is 14.1. The summed E-state index contributed by atoms with van der Waals surface area (Å²) < 4.78 is 0. The van der Waals surface area contributed by atoms with Crippen LogP contribution in [0, 0.1) is 6.92 Å². The molecule has 98 valence electrons. The highest BCUT2D eigenvalue weighted by molar-refractivity contribution is 7.99. The molecule has 0 aliphatic carbocycles. The molecule has 4 nitrogen and oxygen atoms in total. The number of nitrogen functional groups attached to an aromatic ring is 1. The van der Waals surface area contributed by atoms with E-state index in [1.165, 1.54) is 0 Å². The predicted octanol–water partition coefficient (Wildman–Crippen LogP) is 1.56. The second kappa shape index (κ2) is 6.11. The van der Waals surface area contributed by atoms with E-state index in [9.17, 15) is 4.79 Å². The minimum absolute atomic E-state index is 0.0115.